The van der Waals surface area contributed by atoms with Crippen molar-refractivity contribution in [1.82, 2.24) is 20.4 Å². The van der Waals surface area contributed by atoms with Crippen LogP contribution < -0.4 is 10.6 Å². The van der Waals surface area contributed by atoms with Crippen molar-refractivity contribution in [2.75, 3.05) is 33.2 Å². The van der Waals surface area contributed by atoms with Crippen LogP contribution in [0.15, 0.2) is 29.3 Å². The zero-order valence-corrected chi connectivity index (χ0v) is 22.2. The predicted molar refractivity (Wildman–Crippen MR) is 141 cm³/mol. The molecule has 1 aromatic carbocycles. The van der Waals surface area contributed by atoms with E-state index in [0.717, 1.165) is 64.4 Å². The number of nitrogens with zero attached hydrogens (tertiary/aromatic N) is 3. The fraction of sp³-hybridized carbons (Fsp3) is 0.680. The third-order valence-corrected chi connectivity index (χ3v) is 7.44. The maximum absolute atomic E-state index is 12.7. The average molecular weight is 554 g/mol. The van der Waals surface area contributed by atoms with Gasteiger partial charge in [-0.25, -0.2) is 0 Å². The van der Waals surface area contributed by atoms with Crippen LogP contribution in [0.4, 0.5) is 0 Å². The van der Waals surface area contributed by atoms with E-state index in [4.69, 9.17) is 0 Å². The number of halogens is 1. The molecule has 7 heteroatoms. The molecule has 1 amide bonds. The summed E-state index contributed by atoms with van der Waals surface area (Å²) >= 11 is 0. The number of rotatable bonds is 5. The Labute approximate surface area is 210 Å². The van der Waals surface area contributed by atoms with Crippen LogP contribution in [0.25, 0.3) is 0 Å². The van der Waals surface area contributed by atoms with E-state index < -0.39 is 0 Å². The Morgan fingerprint density at radius 1 is 1.12 bits per heavy atom. The number of amides is 1. The van der Waals surface area contributed by atoms with Crippen LogP contribution in [-0.2, 0) is 17.8 Å². The molecule has 6 nitrogen and oxygen atoms in total. The van der Waals surface area contributed by atoms with Crippen molar-refractivity contribution < 1.29 is 4.79 Å². The molecule has 1 saturated carbocycles. The molecular weight excluding hydrogens is 513 g/mol. The van der Waals surface area contributed by atoms with E-state index in [1.807, 2.05) is 7.05 Å². The molecule has 0 aromatic heterocycles. The highest BCUT2D eigenvalue weighted by Gasteiger charge is 2.33. The summed E-state index contributed by atoms with van der Waals surface area (Å²) in [6, 6.07) is 9.07. The van der Waals surface area contributed by atoms with Crippen LogP contribution in [-0.4, -0.2) is 66.5 Å². The van der Waals surface area contributed by atoms with E-state index in [0.29, 0.717) is 5.91 Å². The standard InChI is InChI=1S/C25H39N5O.HI/c1-25(2,30-15-12-19-8-4-7-11-21(19)16-30)18-27-24(26-3)28-22-13-14-29(17-22)23(31)20-9-5-6-10-20;/h4,7-8,11,20,22H,5-6,9-10,12-18H2,1-3H3,(H2,26,27,28);1H. The lowest BCUT2D eigenvalue weighted by Gasteiger charge is -2.42. The minimum atomic E-state index is 0. The highest BCUT2D eigenvalue weighted by Crippen LogP contribution is 2.28. The summed E-state index contributed by atoms with van der Waals surface area (Å²) in [5.41, 5.74) is 2.95. The van der Waals surface area contributed by atoms with Gasteiger partial charge in [-0.2, -0.15) is 0 Å². The van der Waals surface area contributed by atoms with Gasteiger partial charge in [-0.3, -0.25) is 14.7 Å². The lowest BCUT2D eigenvalue weighted by molar-refractivity contribution is -0.134. The zero-order chi connectivity index (χ0) is 21.8. The van der Waals surface area contributed by atoms with Crippen molar-refractivity contribution >= 4 is 35.8 Å². The maximum Gasteiger partial charge on any atom is 0.225 e. The van der Waals surface area contributed by atoms with Crippen molar-refractivity contribution in [2.45, 2.75) is 70.5 Å². The number of fused-ring (bicyclic) bond motifs is 1. The molecule has 1 atom stereocenters. The van der Waals surface area contributed by atoms with Crippen LogP contribution in [0.1, 0.15) is 57.1 Å². The van der Waals surface area contributed by atoms with Crippen molar-refractivity contribution in [3.8, 4) is 0 Å². The van der Waals surface area contributed by atoms with Crippen molar-refractivity contribution in [1.29, 1.82) is 0 Å². The largest absolute Gasteiger partial charge is 0.355 e. The minimum Gasteiger partial charge on any atom is -0.355 e. The summed E-state index contributed by atoms with van der Waals surface area (Å²) in [6.07, 6.45) is 6.67. The quantitative estimate of drug-likeness (QED) is 0.334. The van der Waals surface area contributed by atoms with Gasteiger partial charge < -0.3 is 15.5 Å². The molecule has 178 valence electrons. The third kappa shape index (κ3) is 5.95. The van der Waals surface area contributed by atoms with E-state index in [1.165, 1.54) is 24.0 Å². The van der Waals surface area contributed by atoms with Gasteiger partial charge in [0.2, 0.25) is 5.91 Å². The summed E-state index contributed by atoms with van der Waals surface area (Å²) in [5, 5.41) is 7.11. The smallest absolute Gasteiger partial charge is 0.225 e. The SMILES string of the molecule is CN=C(NCC(C)(C)N1CCc2ccccc2C1)NC1CCN(C(=O)C2CCCC2)C1.I. The van der Waals surface area contributed by atoms with Crippen LogP contribution in [0.3, 0.4) is 0 Å². The number of likely N-dealkylation sites (tertiary alicyclic amines) is 1. The second-order valence-corrected chi connectivity index (χ2v) is 10.1. The van der Waals surface area contributed by atoms with Crippen molar-refractivity contribution in [3.63, 3.8) is 0 Å². The van der Waals surface area contributed by atoms with E-state index in [1.54, 1.807) is 0 Å². The first-order valence-corrected chi connectivity index (χ1v) is 12.0. The van der Waals surface area contributed by atoms with Gasteiger partial charge in [-0.05, 0) is 50.7 Å². The molecule has 2 N–H and O–H groups in total. The predicted octanol–water partition coefficient (Wildman–Crippen LogP) is 3.40. The number of carbonyl (C=O) groups excluding carboxylic acids is 1. The number of aliphatic imine (C=N–C) groups is 1. The summed E-state index contributed by atoms with van der Waals surface area (Å²) in [5.74, 6) is 1.48. The Balaban J connectivity index is 0.00000289. The Morgan fingerprint density at radius 3 is 2.56 bits per heavy atom. The highest BCUT2D eigenvalue weighted by atomic mass is 127. The second kappa shape index (κ2) is 11.2. The fourth-order valence-electron chi connectivity index (χ4n) is 5.32. The molecule has 1 unspecified atom stereocenters. The lowest BCUT2D eigenvalue weighted by atomic mass is 9.94. The van der Waals surface area contributed by atoms with E-state index in [-0.39, 0.29) is 41.5 Å². The molecule has 2 fully saturated rings. The van der Waals surface area contributed by atoms with Gasteiger partial charge in [-0.1, -0.05) is 37.1 Å². The second-order valence-electron chi connectivity index (χ2n) is 10.1. The Morgan fingerprint density at radius 2 is 1.84 bits per heavy atom. The van der Waals surface area contributed by atoms with Crippen molar-refractivity contribution in [3.05, 3.63) is 35.4 Å². The summed E-state index contributed by atoms with van der Waals surface area (Å²) in [6.45, 7) is 9.17. The normalized spacial score (nSPS) is 22.4. The molecule has 1 saturated heterocycles. The molecule has 1 aromatic rings. The van der Waals surface area contributed by atoms with E-state index in [2.05, 4.69) is 63.5 Å². The summed E-state index contributed by atoms with van der Waals surface area (Å²) in [4.78, 5) is 21.8. The van der Waals surface area contributed by atoms with Crippen LogP contribution >= 0.6 is 24.0 Å². The molecule has 2 aliphatic heterocycles. The van der Waals surface area contributed by atoms with Crippen LogP contribution in [0, 0.1) is 5.92 Å². The number of hydrogen-bond donors (Lipinski definition) is 2. The first-order valence-electron chi connectivity index (χ1n) is 12.0. The van der Waals surface area contributed by atoms with Gasteiger partial charge in [0.25, 0.3) is 0 Å². The highest BCUT2D eigenvalue weighted by molar-refractivity contribution is 14.0. The summed E-state index contributed by atoms with van der Waals surface area (Å²) in [7, 11) is 1.83. The van der Waals surface area contributed by atoms with E-state index >= 15 is 0 Å². The minimum absolute atomic E-state index is 0. The molecule has 4 rings (SSSR count). The molecule has 32 heavy (non-hydrogen) atoms. The van der Waals surface area contributed by atoms with Gasteiger partial charge in [0, 0.05) is 57.3 Å². The molecule has 0 spiro atoms. The Bertz CT molecular complexity index is 805. The Kier molecular flexibility index (Phi) is 8.83. The van der Waals surface area contributed by atoms with Crippen molar-refractivity contribution in [2.24, 2.45) is 10.9 Å². The lowest BCUT2D eigenvalue weighted by Crippen LogP contribution is -2.55. The van der Waals surface area contributed by atoms with Gasteiger partial charge in [0.15, 0.2) is 5.96 Å². The van der Waals surface area contributed by atoms with Crippen LogP contribution in [0.5, 0.6) is 0 Å². The number of carbonyl (C=O) groups is 1. The molecule has 3 aliphatic rings. The molecule has 1 aliphatic carbocycles. The molecule has 0 radical (unpaired) electrons. The first-order chi connectivity index (χ1) is 15.0. The number of guanidine groups is 1. The average Bonchev–Trinajstić information content (AvgIpc) is 3.48. The molecular formula is C25H40IN5O. The number of hydrogen-bond acceptors (Lipinski definition) is 3. The van der Waals surface area contributed by atoms with Crippen LogP contribution in [0.2, 0.25) is 0 Å². The third-order valence-electron chi connectivity index (χ3n) is 7.44. The topological polar surface area (TPSA) is 60.0 Å². The molecule has 2 heterocycles. The number of nitrogens with one attached hydrogen (secondary N) is 2. The fourth-order valence-corrected chi connectivity index (χ4v) is 5.32. The zero-order valence-electron chi connectivity index (χ0n) is 19.9. The van der Waals surface area contributed by atoms with Gasteiger partial charge in [-0.15, -0.1) is 24.0 Å². The monoisotopic (exact) mass is 553 g/mol. The van der Waals surface area contributed by atoms with Gasteiger partial charge in [0.1, 0.15) is 0 Å². The van der Waals surface area contributed by atoms with Gasteiger partial charge >= 0.3 is 0 Å². The first kappa shape index (κ1) is 25.3. The van der Waals surface area contributed by atoms with Gasteiger partial charge in [0.05, 0.1) is 0 Å². The number of benzene rings is 1. The summed E-state index contributed by atoms with van der Waals surface area (Å²) < 4.78 is 0. The maximum atomic E-state index is 12.7. The Hall–Kier alpha value is -1.35. The molecule has 0 bridgehead atoms. The van der Waals surface area contributed by atoms with E-state index in [9.17, 15) is 4.79 Å².